The highest BCUT2D eigenvalue weighted by Gasteiger charge is 2.21. The number of unbranched alkanes of at least 4 members (excludes halogenated alkanes) is 12. The Morgan fingerprint density at radius 2 is 1.18 bits per heavy atom. The molecule has 11 heteroatoms. The molecule has 0 fully saturated rings. The number of ether oxygens (including phenoxy) is 2. The lowest BCUT2D eigenvalue weighted by Crippen LogP contribution is -2.37. The van der Waals surface area contributed by atoms with E-state index in [1.807, 2.05) is 52.4 Å². The van der Waals surface area contributed by atoms with E-state index >= 15 is 0 Å². The van der Waals surface area contributed by atoms with Crippen LogP contribution in [0.2, 0.25) is 0 Å². The number of carbonyl (C=O) groups is 2. The first-order valence-electron chi connectivity index (χ1n) is 21.8. The van der Waals surface area contributed by atoms with E-state index in [1.54, 1.807) is 6.08 Å². The number of hydrogen-bond acceptors (Lipinski definition) is 9. The summed E-state index contributed by atoms with van der Waals surface area (Å²) in [4.78, 5) is 37.5. The van der Waals surface area contributed by atoms with Crippen molar-refractivity contribution in [1.29, 1.82) is 0 Å². The molecule has 57 heavy (non-hydrogen) atoms. The zero-order valence-electron chi connectivity index (χ0n) is 36.4. The molecular weight excluding hydrogens is 741 g/mol. The van der Waals surface area contributed by atoms with Crippen LogP contribution in [0.25, 0.3) is 0 Å². The summed E-state index contributed by atoms with van der Waals surface area (Å²) < 4.78 is 33.8. The fraction of sp³-hybridized carbons (Fsp3) is 0.696. The molecule has 10 nitrogen and oxygen atoms in total. The van der Waals surface area contributed by atoms with Gasteiger partial charge in [0.2, 0.25) is 0 Å². The molecular formula is C46H80NO9P. The molecule has 328 valence electrons. The number of esters is 2. The summed E-state index contributed by atoms with van der Waals surface area (Å²) in [5.74, 6) is -0.934. The van der Waals surface area contributed by atoms with Crippen LogP contribution < -0.4 is 4.89 Å². The van der Waals surface area contributed by atoms with Crippen molar-refractivity contribution in [2.45, 2.75) is 161 Å². The Morgan fingerprint density at radius 1 is 0.649 bits per heavy atom. The molecule has 0 aliphatic carbocycles. The molecule has 0 rings (SSSR count). The van der Waals surface area contributed by atoms with E-state index in [0.717, 1.165) is 44.9 Å². The highest BCUT2D eigenvalue weighted by Crippen LogP contribution is 2.38. The monoisotopic (exact) mass is 822 g/mol. The van der Waals surface area contributed by atoms with Crippen molar-refractivity contribution in [2.24, 2.45) is 0 Å². The lowest BCUT2D eigenvalue weighted by Gasteiger charge is -2.28. The number of phosphoric acid groups is 1. The number of likely N-dealkylation sites (N-methyl/N-ethyl adjacent to an activating group) is 1. The van der Waals surface area contributed by atoms with Gasteiger partial charge in [-0.05, 0) is 70.6 Å². The quantitative estimate of drug-likeness (QED) is 0.0161. The van der Waals surface area contributed by atoms with Crippen LogP contribution in [0.3, 0.4) is 0 Å². The number of quaternary nitrogens is 1. The number of allylic oxidation sites excluding steroid dienone is 11. The van der Waals surface area contributed by atoms with Gasteiger partial charge in [0.15, 0.2) is 6.10 Å². The molecule has 0 aliphatic rings. The highest BCUT2D eigenvalue weighted by molar-refractivity contribution is 7.45. The van der Waals surface area contributed by atoms with Gasteiger partial charge in [0.1, 0.15) is 19.8 Å². The molecule has 3 atom stereocenters. The molecule has 0 saturated carbocycles. The molecule has 0 aliphatic heterocycles. The maximum Gasteiger partial charge on any atom is 0.306 e. The van der Waals surface area contributed by atoms with E-state index in [4.69, 9.17) is 18.5 Å². The van der Waals surface area contributed by atoms with Gasteiger partial charge in [-0.15, -0.1) is 0 Å². The van der Waals surface area contributed by atoms with Crippen molar-refractivity contribution >= 4 is 19.8 Å². The van der Waals surface area contributed by atoms with Crippen molar-refractivity contribution in [1.82, 2.24) is 0 Å². The van der Waals surface area contributed by atoms with E-state index in [0.29, 0.717) is 36.7 Å². The molecule has 0 heterocycles. The zero-order chi connectivity index (χ0) is 42.3. The second kappa shape index (κ2) is 37.7. The van der Waals surface area contributed by atoms with E-state index in [2.05, 4.69) is 49.5 Å². The third kappa shape index (κ3) is 41.4. The lowest BCUT2D eigenvalue weighted by atomic mass is 10.1. The molecule has 0 bridgehead atoms. The van der Waals surface area contributed by atoms with Crippen LogP contribution in [0, 0.1) is 0 Å². The van der Waals surface area contributed by atoms with Gasteiger partial charge in [0, 0.05) is 12.8 Å². The summed E-state index contributed by atoms with van der Waals surface area (Å²) in [6.07, 6.45) is 43.1. The number of rotatable bonds is 38. The van der Waals surface area contributed by atoms with E-state index < -0.39 is 32.5 Å². The number of carbonyl (C=O) groups excluding carboxylic acids is 2. The van der Waals surface area contributed by atoms with Gasteiger partial charge in [-0.1, -0.05) is 138 Å². The third-order valence-electron chi connectivity index (χ3n) is 8.87. The molecule has 0 radical (unpaired) electrons. The zero-order valence-corrected chi connectivity index (χ0v) is 37.3. The van der Waals surface area contributed by atoms with Crippen molar-refractivity contribution in [2.75, 3.05) is 47.5 Å². The van der Waals surface area contributed by atoms with Gasteiger partial charge in [-0.3, -0.25) is 14.2 Å². The number of aliphatic hydroxyl groups is 1. The summed E-state index contributed by atoms with van der Waals surface area (Å²) in [7, 11) is 1.10. The molecule has 0 aromatic carbocycles. The van der Waals surface area contributed by atoms with Crippen molar-refractivity contribution in [3.8, 4) is 0 Å². The van der Waals surface area contributed by atoms with Crippen molar-refractivity contribution < 1.29 is 47.2 Å². The van der Waals surface area contributed by atoms with Crippen LogP contribution in [-0.2, 0) is 32.7 Å². The Balaban J connectivity index is 4.50. The minimum Gasteiger partial charge on any atom is -0.756 e. The first-order valence-corrected chi connectivity index (χ1v) is 23.2. The summed E-state index contributed by atoms with van der Waals surface area (Å²) in [5, 5.41) is 9.48. The molecule has 0 aromatic heterocycles. The van der Waals surface area contributed by atoms with E-state index in [9.17, 15) is 24.2 Å². The Labute approximate surface area is 347 Å². The largest absolute Gasteiger partial charge is 0.756 e. The predicted molar refractivity (Wildman–Crippen MR) is 232 cm³/mol. The summed E-state index contributed by atoms with van der Waals surface area (Å²) in [6.45, 7) is 3.78. The number of aliphatic hydroxyl groups excluding tert-OH is 1. The number of hydrogen-bond donors (Lipinski definition) is 1. The molecule has 0 saturated heterocycles. The van der Waals surface area contributed by atoms with Gasteiger partial charge < -0.3 is 33.0 Å². The van der Waals surface area contributed by atoms with E-state index in [1.165, 1.54) is 51.4 Å². The maximum atomic E-state index is 12.7. The van der Waals surface area contributed by atoms with Crippen LogP contribution in [-0.4, -0.2) is 81.2 Å². The third-order valence-corrected chi connectivity index (χ3v) is 9.83. The molecule has 1 unspecified atom stereocenters. The predicted octanol–water partition coefficient (Wildman–Crippen LogP) is 10.6. The minimum absolute atomic E-state index is 0.0499. The Hall–Kier alpha value is -2.59. The molecule has 0 spiro atoms. The van der Waals surface area contributed by atoms with E-state index in [-0.39, 0.29) is 32.2 Å². The smallest absolute Gasteiger partial charge is 0.306 e. The molecule has 1 N–H and O–H groups in total. The van der Waals surface area contributed by atoms with Gasteiger partial charge in [0.05, 0.1) is 33.9 Å². The van der Waals surface area contributed by atoms with Crippen LogP contribution in [0.4, 0.5) is 0 Å². The normalized spacial score (nSPS) is 14.9. The number of phosphoric ester groups is 1. The van der Waals surface area contributed by atoms with Gasteiger partial charge >= 0.3 is 11.9 Å². The summed E-state index contributed by atoms with van der Waals surface area (Å²) in [5.41, 5.74) is 0. The minimum atomic E-state index is -4.65. The SMILES string of the molecule is CCCCCC/C=C\CCCCCCCCCC(=O)O[C@H](COC(=O)CCC/C=C\C/C=C\C/C=C\C/C=C\C=C\[C@@H](O)CC)COP(=O)([O-])OCC[N+](C)(C)C. The standard InChI is InChI=1S/C46H80NO9P/c1-6-8-9-10-11-12-13-14-15-20-23-26-29-32-35-38-46(50)56-44(42-55-57(51,52)54-40-39-47(3,4)5)41-53-45(49)37-34-31-28-25-22-19-17-16-18-21-24-27-30-33-36-43(48)7-2/h12-13,17-19,21,25,27-28,30,33,36,43-44,48H,6-11,14-16,20,22-24,26,29,31-32,34-35,37-42H2,1-5H3/b13-12-,19-17-,21-18-,28-25-,30-27-,36-33+/t43-,44+/m0/s1. The Morgan fingerprint density at radius 3 is 1.79 bits per heavy atom. The van der Waals surface area contributed by atoms with Crippen LogP contribution in [0.1, 0.15) is 149 Å². The average Bonchev–Trinajstić information content (AvgIpc) is 3.16. The van der Waals surface area contributed by atoms with Crippen LogP contribution >= 0.6 is 7.82 Å². The fourth-order valence-corrected chi connectivity index (χ4v) is 6.01. The number of nitrogens with zero attached hydrogens (tertiary/aromatic N) is 1. The van der Waals surface area contributed by atoms with Crippen LogP contribution in [0.5, 0.6) is 0 Å². The first kappa shape index (κ1) is 54.4. The topological polar surface area (TPSA) is 131 Å². The molecule has 0 aromatic rings. The maximum absolute atomic E-state index is 12.7. The summed E-state index contributed by atoms with van der Waals surface area (Å²) >= 11 is 0. The van der Waals surface area contributed by atoms with Gasteiger partial charge in [-0.2, -0.15) is 0 Å². The van der Waals surface area contributed by atoms with Gasteiger partial charge in [-0.25, -0.2) is 0 Å². The van der Waals surface area contributed by atoms with Crippen LogP contribution in [0.15, 0.2) is 72.9 Å². The highest BCUT2D eigenvalue weighted by atomic mass is 31.2. The van der Waals surface area contributed by atoms with Crippen molar-refractivity contribution in [3.05, 3.63) is 72.9 Å². The fourth-order valence-electron chi connectivity index (χ4n) is 5.28. The van der Waals surface area contributed by atoms with Crippen molar-refractivity contribution in [3.63, 3.8) is 0 Å². The van der Waals surface area contributed by atoms with Gasteiger partial charge in [0.25, 0.3) is 7.82 Å². The second-order valence-electron chi connectivity index (χ2n) is 15.5. The average molecular weight is 822 g/mol. The lowest BCUT2D eigenvalue weighted by molar-refractivity contribution is -0.870. The first-order chi connectivity index (χ1) is 27.4. The Bertz CT molecular complexity index is 1220. The second-order valence-corrected chi connectivity index (χ2v) is 16.9. The Kier molecular flexibility index (Phi) is 36.0. The molecule has 0 amide bonds. The summed E-state index contributed by atoms with van der Waals surface area (Å²) in [6, 6.07) is 0.